The molecule has 0 spiro atoms. The molecule has 0 aliphatic heterocycles. The van der Waals surface area contributed by atoms with Crippen LogP contribution in [0.3, 0.4) is 0 Å². The maximum Gasteiger partial charge on any atom is -0.0250 e. The standard InChI is InChI=1S/C13H20/c1-4-6-7-13-10-11(3)8-9-12(13)5-2/h5-7,11H,2,4,8-10H2,1,3H3/b7-6-. The van der Waals surface area contributed by atoms with Gasteiger partial charge < -0.3 is 0 Å². The van der Waals surface area contributed by atoms with Crippen molar-refractivity contribution in [3.8, 4) is 0 Å². The molecule has 72 valence electrons. The van der Waals surface area contributed by atoms with Crippen molar-refractivity contribution in [3.05, 3.63) is 36.0 Å². The van der Waals surface area contributed by atoms with Gasteiger partial charge in [0.25, 0.3) is 0 Å². The first-order chi connectivity index (χ1) is 6.27. The molecule has 13 heavy (non-hydrogen) atoms. The second-order valence-corrected chi connectivity index (χ2v) is 3.91. The van der Waals surface area contributed by atoms with Crippen LogP contribution in [0.2, 0.25) is 0 Å². The Hall–Kier alpha value is -0.780. The molecule has 1 aliphatic rings. The molecular weight excluding hydrogens is 156 g/mol. The van der Waals surface area contributed by atoms with Crippen LogP contribution in [-0.4, -0.2) is 0 Å². The summed E-state index contributed by atoms with van der Waals surface area (Å²) in [4.78, 5) is 0. The Balaban J connectivity index is 2.77. The van der Waals surface area contributed by atoms with Gasteiger partial charge >= 0.3 is 0 Å². The minimum Gasteiger partial charge on any atom is -0.0988 e. The minimum absolute atomic E-state index is 0.847. The van der Waals surface area contributed by atoms with Crippen LogP contribution in [0.25, 0.3) is 0 Å². The summed E-state index contributed by atoms with van der Waals surface area (Å²) in [6.07, 6.45) is 11.5. The van der Waals surface area contributed by atoms with Gasteiger partial charge in [-0.25, -0.2) is 0 Å². The monoisotopic (exact) mass is 176 g/mol. The highest BCUT2D eigenvalue weighted by Crippen LogP contribution is 2.30. The molecule has 0 saturated carbocycles. The minimum atomic E-state index is 0.847. The molecule has 1 atom stereocenters. The van der Waals surface area contributed by atoms with Crippen LogP contribution in [-0.2, 0) is 0 Å². The summed E-state index contributed by atoms with van der Waals surface area (Å²) in [6.45, 7) is 8.39. The van der Waals surface area contributed by atoms with Crippen LogP contribution in [0.15, 0.2) is 36.0 Å². The smallest absolute Gasteiger partial charge is 0.0250 e. The SMILES string of the molecule is C=CC1=C(/C=C\CC)CC(C)CC1. The molecule has 1 rings (SSSR count). The van der Waals surface area contributed by atoms with E-state index in [1.165, 1.54) is 30.4 Å². The fourth-order valence-electron chi connectivity index (χ4n) is 1.84. The molecule has 0 aromatic carbocycles. The Morgan fingerprint density at radius 3 is 2.85 bits per heavy atom. The van der Waals surface area contributed by atoms with Crippen molar-refractivity contribution < 1.29 is 0 Å². The Morgan fingerprint density at radius 2 is 2.23 bits per heavy atom. The van der Waals surface area contributed by atoms with Crippen LogP contribution in [0.5, 0.6) is 0 Å². The fourth-order valence-corrected chi connectivity index (χ4v) is 1.84. The van der Waals surface area contributed by atoms with E-state index in [2.05, 4.69) is 32.6 Å². The molecule has 1 unspecified atom stereocenters. The molecule has 0 bridgehead atoms. The van der Waals surface area contributed by atoms with Gasteiger partial charge in [0.05, 0.1) is 0 Å². The molecule has 0 N–H and O–H groups in total. The lowest BCUT2D eigenvalue weighted by atomic mass is 9.84. The maximum absolute atomic E-state index is 3.88. The van der Waals surface area contributed by atoms with Crippen LogP contribution >= 0.6 is 0 Å². The molecular formula is C13H20. The first-order valence-corrected chi connectivity index (χ1v) is 5.29. The third kappa shape index (κ3) is 2.87. The summed E-state index contributed by atoms with van der Waals surface area (Å²) in [5.74, 6) is 0.847. The molecule has 0 nitrogen and oxygen atoms in total. The maximum atomic E-state index is 3.88. The third-order valence-electron chi connectivity index (χ3n) is 2.69. The Labute approximate surface area is 82.0 Å². The zero-order valence-electron chi connectivity index (χ0n) is 8.84. The predicted molar refractivity (Wildman–Crippen MR) is 59.7 cm³/mol. The second kappa shape index (κ2) is 5.06. The summed E-state index contributed by atoms with van der Waals surface area (Å²) in [5, 5.41) is 0. The van der Waals surface area contributed by atoms with E-state index in [1.54, 1.807) is 0 Å². The van der Waals surface area contributed by atoms with Crippen LogP contribution in [0, 0.1) is 5.92 Å². The number of hydrogen-bond donors (Lipinski definition) is 0. The first kappa shape index (κ1) is 10.3. The average Bonchev–Trinajstić information content (AvgIpc) is 2.15. The summed E-state index contributed by atoms with van der Waals surface area (Å²) in [6, 6.07) is 0. The van der Waals surface area contributed by atoms with Gasteiger partial charge in [0, 0.05) is 0 Å². The molecule has 0 radical (unpaired) electrons. The van der Waals surface area contributed by atoms with E-state index in [0.717, 1.165) is 12.3 Å². The van der Waals surface area contributed by atoms with Crippen LogP contribution < -0.4 is 0 Å². The zero-order chi connectivity index (χ0) is 9.68. The Morgan fingerprint density at radius 1 is 1.46 bits per heavy atom. The molecule has 0 fully saturated rings. The van der Waals surface area contributed by atoms with Crippen molar-refractivity contribution in [2.75, 3.05) is 0 Å². The number of rotatable bonds is 3. The lowest BCUT2D eigenvalue weighted by Crippen LogP contribution is -2.05. The predicted octanol–water partition coefficient (Wildman–Crippen LogP) is 4.26. The van der Waals surface area contributed by atoms with Crippen molar-refractivity contribution in [2.24, 2.45) is 5.92 Å². The van der Waals surface area contributed by atoms with Gasteiger partial charge in [0.1, 0.15) is 0 Å². The topological polar surface area (TPSA) is 0 Å². The number of allylic oxidation sites excluding steroid dienone is 5. The molecule has 0 aromatic heterocycles. The van der Waals surface area contributed by atoms with E-state index in [1.807, 2.05) is 6.08 Å². The van der Waals surface area contributed by atoms with Crippen LogP contribution in [0.4, 0.5) is 0 Å². The quantitative estimate of drug-likeness (QED) is 0.603. The van der Waals surface area contributed by atoms with Gasteiger partial charge in [-0.3, -0.25) is 0 Å². The van der Waals surface area contributed by atoms with Gasteiger partial charge in [-0.1, -0.05) is 38.7 Å². The van der Waals surface area contributed by atoms with E-state index in [9.17, 15) is 0 Å². The van der Waals surface area contributed by atoms with E-state index >= 15 is 0 Å². The first-order valence-electron chi connectivity index (χ1n) is 5.29. The average molecular weight is 176 g/mol. The van der Waals surface area contributed by atoms with Crippen molar-refractivity contribution in [3.63, 3.8) is 0 Å². The lowest BCUT2D eigenvalue weighted by molar-refractivity contribution is 0.506. The molecule has 0 amide bonds. The van der Waals surface area contributed by atoms with E-state index < -0.39 is 0 Å². The number of hydrogen-bond acceptors (Lipinski definition) is 0. The van der Waals surface area contributed by atoms with E-state index in [0.29, 0.717) is 0 Å². The molecule has 0 saturated heterocycles. The van der Waals surface area contributed by atoms with E-state index in [4.69, 9.17) is 0 Å². The summed E-state index contributed by atoms with van der Waals surface area (Å²) >= 11 is 0. The van der Waals surface area contributed by atoms with Gasteiger partial charge in [0.2, 0.25) is 0 Å². The van der Waals surface area contributed by atoms with Crippen molar-refractivity contribution in [2.45, 2.75) is 39.5 Å². The normalized spacial score (nSPS) is 24.0. The largest absolute Gasteiger partial charge is 0.0988 e. The fraction of sp³-hybridized carbons (Fsp3) is 0.538. The van der Waals surface area contributed by atoms with Gasteiger partial charge in [-0.05, 0) is 42.7 Å². The van der Waals surface area contributed by atoms with Crippen molar-refractivity contribution in [1.82, 2.24) is 0 Å². The molecule has 0 aromatic rings. The summed E-state index contributed by atoms with van der Waals surface area (Å²) in [7, 11) is 0. The molecule has 1 aliphatic carbocycles. The van der Waals surface area contributed by atoms with E-state index in [-0.39, 0.29) is 0 Å². The van der Waals surface area contributed by atoms with Crippen LogP contribution in [0.1, 0.15) is 39.5 Å². The Bertz CT molecular complexity index is 230. The van der Waals surface area contributed by atoms with Gasteiger partial charge in [-0.2, -0.15) is 0 Å². The lowest BCUT2D eigenvalue weighted by Gasteiger charge is -2.21. The summed E-state index contributed by atoms with van der Waals surface area (Å²) < 4.78 is 0. The van der Waals surface area contributed by atoms with Gasteiger partial charge in [-0.15, -0.1) is 0 Å². The zero-order valence-corrected chi connectivity index (χ0v) is 8.84. The summed E-state index contributed by atoms with van der Waals surface area (Å²) in [5.41, 5.74) is 2.97. The highest BCUT2D eigenvalue weighted by Gasteiger charge is 2.13. The Kier molecular flexibility index (Phi) is 4.01. The molecule has 0 heterocycles. The molecule has 0 heteroatoms. The second-order valence-electron chi connectivity index (χ2n) is 3.91. The highest BCUT2D eigenvalue weighted by molar-refractivity contribution is 5.34. The van der Waals surface area contributed by atoms with Crippen molar-refractivity contribution >= 4 is 0 Å². The van der Waals surface area contributed by atoms with Crippen molar-refractivity contribution in [1.29, 1.82) is 0 Å². The van der Waals surface area contributed by atoms with Gasteiger partial charge in [0.15, 0.2) is 0 Å². The highest BCUT2D eigenvalue weighted by atomic mass is 14.2. The third-order valence-corrected chi connectivity index (χ3v) is 2.69.